The molecule has 3 aliphatic heterocycles. The van der Waals surface area contributed by atoms with E-state index in [1.807, 2.05) is 0 Å². The van der Waals surface area contributed by atoms with Crippen molar-refractivity contribution in [3.05, 3.63) is 23.3 Å². The lowest BCUT2D eigenvalue weighted by Gasteiger charge is -2.51. The number of benzene rings is 1. The van der Waals surface area contributed by atoms with Crippen LogP contribution in [0.25, 0.3) is 0 Å². The number of carbonyl (C=O) groups excluding carboxylic acids is 2. The number of amides is 2. The molecule has 2 fully saturated rings. The molecule has 0 aromatic heterocycles. The first-order chi connectivity index (χ1) is 17.1. The van der Waals surface area contributed by atoms with Crippen molar-refractivity contribution in [2.24, 2.45) is 0 Å². The van der Waals surface area contributed by atoms with Gasteiger partial charge in [0, 0.05) is 18.4 Å². The van der Waals surface area contributed by atoms with Gasteiger partial charge in [0.15, 0.2) is 17.8 Å². The van der Waals surface area contributed by atoms with Crippen molar-refractivity contribution >= 4 is 11.8 Å². The molecular weight excluding hydrogens is 484 g/mol. The molecule has 14 heteroatoms. The van der Waals surface area contributed by atoms with E-state index in [1.54, 1.807) is 0 Å². The predicted molar refractivity (Wildman–Crippen MR) is 115 cm³/mol. The van der Waals surface area contributed by atoms with E-state index in [4.69, 9.17) is 18.9 Å². The first kappa shape index (κ1) is 25.1. The number of nitrogens with one attached hydrogen (secondary N) is 2. The smallest absolute Gasteiger partial charge is 0.252 e. The molecular formula is C22H28N2O12. The van der Waals surface area contributed by atoms with E-state index in [-0.39, 0.29) is 12.4 Å². The van der Waals surface area contributed by atoms with Gasteiger partial charge >= 0.3 is 0 Å². The molecule has 0 spiro atoms. The number of ether oxygens (including phenoxy) is 4. The lowest BCUT2D eigenvalue weighted by Crippen LogP contribution is -2.70. The van der Waals surface area contributed by atoms with E-state index in [1.165, 1.54) is 19.1 Å². The molecule has 1 aliphatic carbocycles. The molecule has 14 nitrogen and oxygen atoms in total. The third kappa shape index (κ3) is 3.99. The summed E-state index contributed by atoms with van der Waals surface area (Å²) in [6.07, 6.45) is -12.3. The molecule has 3 heterocycles. The van der Waals surface area contributed by atoms with E-state index >= 15 is 0 Å². The van der Waals surface area contributed by atoms with Gasteiger partial charge in [-0.1, -0.05) is 0 Å². The zero-order chi connectivity index (χ0) is 25.9. The van der Waals surface area contributed by atoms with Gasteiger partial charge in [-0.15, -0.1) is 0 Å². The normalized spacial score (nSPS) is 41.2. The molecule has 5 rings (SSSR count). The zero-order valence-corrected chi connectivity index (χ0v) is 19.1. The minimum absolute atomic E-state index is 0.0606. The van der Waals surface area contributed by atoms with Crippen LogP contribution in [0.3, 0.4) is 0 Å². The summed E-state index contributed by atoms with van der Waals surface area (Å²) >= 11 is 0. The van der Waals surface area contributed by atoms with Gasteiger partial charge in [0.05, 0.1) is 18.8 Å². The van der Waals surface area contributed by atoms with Gasteiger partial charge in [-0.05, 0) is 17.7 Å². The second-order valence-corrected chi connectivity index (χ2v) is 9.32. The van der Waals surface area contributed by atoms with Crippen LogP contribution in [-0.4, -0.2) is 117 Å². The van der Waals surface area contributed by atoms with E-state index in [9.17, 15) is 40.2 Å². The van der Waals surface area contributed by atoms with Crippen molar-refractivity contribution in [2.75, 3.05) is 13.4 Å². The lowest BCUT2D eigenvalue weighted by molar-refractivity contribution is -0.302. The highest BCUT2D eigenvalue weighted by Gasteiger charge is 2.56. The lowest BCUT2D eigenvalue weighted by atomic mass is 9.70. The Labute approximate surface area is 204 Å². The predicted octanol–water partition coefficient (Wildman–Crippen LogP) is -3.96. The molecule has 2 amide bonds. The Kier molecular flexibility index (Phi) is 6.55. The highest BCUT2D eigenvalue weighted by Crippen LogP contribution is 2.45. The van der Waals surface area contributed by atoms with Crippen molar-refractivity contribution in [1.29, 1.82) is 0 Å². The number of hydrogen-bond donors (Lipinski definition) is 8. The van der Waals surface area contributed by atoms with Crippen molar-refractivity contribution < 1.29 is 59.2 Å². The standard InChI is InChI=1S/C22H28N2O12/c1-6(26)23-14-17(29)15(27)11(4-25)35-22(14)36-20-12-7-2-9-10(34-5-33-9)3-8(7)21(32)24-13(12)16(28)18(30)19(20)31/h2-3,11-20,22,25,27-31H,4-5H2,1H3,(H,23,26)(H,24,32)/t11-,12-,13-,14-,15-,16+,17-,18+,19-,20-,22+/m1/s1. The minimum Gasteiger partial charge on any atom is -0.454 e. The molecule has 198 valence electrons. The van der Waals surface area contributed by atoms with Crippen LogP contribution in [0.5, 0.6) is 11.5 Å². The van der Waals surface area contributed by atoms with E-state index in [0.29, 0.717) is 17.1 Å². The fraction of sp³-hybridized carbons (Fsp3) is 0.636. The van der Waals surface area contributed by atoms with E-state index in [2.05, 4.69) is 10.6 Å². The average Bonchev–Trinajstić information content (AvgIpc) is 3.31. The highest BCUT2D eigenvalue weighted by molar-refractivity contribution is 5.98. The van der Waals surface area contributed by atoms with Gasteiger partial charge < -0.3 is 60.2 Å². The Balaban J connectivity index is 1.54. The second-order valence-electron chi connectivity index (χ2n) is 9.32. The highest BCUT2D eigenvalue weighted by atomic mass is 16.7. The van der Waals surface area contributed by atoms with Gasteiger partial charge in [0.25, 0.3) is 5.91 Å². The van der Waals surface area contributed by atoms with Gasteiger partial charge in [0.1, 0.15) is 42.7 Å². The van der Waals surface area contributed by atoms with Crippen molar-refractivity contribution in [3.63, 3.8) is 0 Å². The summed E-state index contributed by atoms with van der Waals surface area (Å²) in [6.45, 7) is 0.429. The number of fused-ring (bicyclic) bond motifs is 4. The maximum Gasteiger partial charge on any atom is 0.252 e. The molecule has 36 heavy (non-hydrogen) atoms. The monoisotopic (exact) mass is 512 g/mol. The van der Waals surface area contributed by atoms with Gasteiger partial charge in [-0.25, -0.2) is 0 Å². The van der Waals surface area contributed by atoms with Crippen molar-refractivity contribution in [2.45, 2.75) is 73.9 Å². The van der Waals surface area contributed by atoms with Crippen molar-refractivity contribution in [1.82, 2.24) is 10.6 Å². The Hall–Kier alpha value is -2.56. The molecule has 1 saturated carbocycles. The summed E-state index contributed by atoms with van der Waals surface area (Å²) in [5, 5.41) is 67.8. The third-order valence-electron chi connectivity index (χ3n) is 7.13. The maximum absolute atomic E-state index is 12.8. The Bertz CT molecular complexity index is 1040. The molecule has 0 bridgehead atoms. The zero-order valence-electron chi connectivity index (χ0n) is 19.1. The summed E-state index contributed by atoms with van der Waals surface area (Å²) in [5.41, 5.74) is 0.519. The molecule has 1 aromatic rings. The van der Waals surface area contributed by atoms with Gasteiger partial charge in [-0.2, -0.15) is 0 Å². The molecule has 1 aromatic carbocycles. The Morgan fingerprint density at radius 2 is 1.75 bits per heavy atom. The molecule has 0 radical (unpaired) electrons. The minimum atomic E-state index is -1.74. The summed E-state index contributed by atoms with van der Waals surface area (Å²) in [5.74, 6) is -1.40. The molecule has 8 N–H and O–H groups in total. The van der Waals surface area contributed by atoms with E-state index in [0.717, 1.165) is 0 Å². The molecule has 4 aliphatic rings. The van der Waals surface area contributed by atoms with Crippen LogP contribution >= 0.6 is 0 Å². The average molecular weight is 512 g/mol. The maximum atomic E-state index is 12.8. The molecule has 11 atom stereocenters. The second kappa shape index (κ2) is 9.39. The van der Waals surface area contributed by atoms with Crippen LogP contribution < -0.4 is 20.1 Å². The first-order valence-electron chi connectivity index (χ1n) is 11.5. The number of aliphatic hydroxyl groups excluding tert-OH is 6. The third-order valence-corrected chi connectivity index (χ3v) is 7.13. The quantitative estimate of drug-likeness (QED) is 0.194. The van der Waals surface area contributed by atoms with E-state index < -0.39 is 85.4 Å². The Morgan fingerprint density at radius 1 is 1.06 bits per heavy atom. The van der Waals surface area contributed by atoms with Gasteiger partial charge in [0.2, 0.25) is 12.7 Å². The summed E-state index contributed by atoms with van der Waals surface area (Å²) < 4.78 is 22.4. The summed E-state index contributed by atoms with van der Waals surface area (Å²) in [7, 11) is 0. The van der Waals surface area contributed by atoms with Crippen LogP contribution in [0.15, 0.2) is 12.1 Å². The van der Waals surface area contributed by atoms with Crippen molar-refractivity contribution in [3.8, 4) is 11.5 Å². The Morgan fingerprint density at radius 3 is 2.42 bits per heavy atom. The number of rotatable bonds is 4. The molecule has 1 saturated heterocycles. The first-order valence-corrected chi connectivity index (χ1v) is 11.5. The van der Waals surface area contributed by atoms with Crippen LogP contribution in [0, 0.1) is 0 Å². The summed E-state index contributed by atoms with van der Waals surface area (Å²) in [4.78, 5) is 24.6. The van der Waals surface area contributed by atoms with Crippen LogP contribution in [0.1, 0.15) is 28.8 Å². The fourth-order valence-electron chi connectivity index (χ4n) is 5.35. The van der Waals surface area contributed by atoms with Crippen LogP contribution in [-0.2, 0) is 14.3 Å². The number of aliphatic hydroxyl groups is 6. The summed E-state index contributed by atoms with van der Waals surface area (Å²) in [6, 6.07) is 0.581. The number of hydrogen-bond acceptors (Lipinski definition) is 12. The van der Waals surface area contributed by atoms with Crippen LogP contribution in [0.2, 0.25) is 0 Å². The largest absolute Gasteiger partial charge is 0.454 e. The molecule has 0 unspecified atom stereocenters. The SMILES string of the molecule is CC(=O)N[C@H]1[C@H](O[C@H]2[C@H](O)[C@@H](O)[C@@H](O)[C@@H]3NC(=O)c4cc5c(cc4[C@H]32)OCO5)O[C@H](CO)[C@@H](O)[C@@H]1O. The van der Waals surface area contributed by atoms with Crippen LogP contribution in [0.4, 0.5) is 0 Å². The fourth-order valence-corrected chi connectivity index (χ4v) is 5.35. The number of carbonyl (C=O) groups is 2. The van der Waals surface area contributed by atoms with Gasteiger partial charge in [-0.3, -0.25) is 9.59 Å². The topological polar surface area (TPSA) is 216 Å².